The first-order chi connectivity index (χ1) is 25.7. The summed E-state index contributed by atoms with van der Waals surface area (Å²) in [6.07, 6.45) is 3.48. The van der Waals surface area contributed by atoms with E-state index in [1.165, 1.54) is 11.3 Å². The Labute approximate surface area is 327 Å². The summed E-state index contributed by atoms with van der Waals surface area (Å²) in [5.74, 6) is -1.41. The van der Waals surface area contributed by atoms with Crippen molar-refractivity contribution < 1.29 is 28.7 Å². The smallest absolute Gasteiger partial charge is 0.245 e. The van der Waals surface area contributed by atoms with E-state index in [1.54, 1.807) is 39.4 Å². The van der Waals surface area contributed by atoms with E-state index >= 15 is 0 Å². The zero-order valence-corrected chi connectivity index (χ0v) is 35.2. The molecule has 2 heterocycles. The second-order valence-corrected chi connectivity index (χ2v) is 16.4. The minimum Gasteiger partial charge on any atom is -0.379 e. The van der Waals surface area contributed by atoms with Gasteiger partial charge in [0.1, 0.15) is 11.0 Å². The van der Waals surface area contributed by atoms with Crippen molar-refractivity contribution in [3.8, 4) is 0 Å². The van der Waals surface area contributed by atoms with Gasteiger partial charge in [0.25, 0.3) is 0 Å². The summed E-state index contributed by atoms with van der Waals surface area (Å²) in [7, 11) is 6.65. The van der Waals surface area contributed by atoms with Gasteiger partial charge in [-0.2, -0.15) is 0 Å². The molecule has 302 valence electrons. The molecule has 1 aliphatic heterocycles. The van der Waals surface area contributed by atoms with Crippen molar-refractivity contribution >= 4 is 35.0 Å². The molecular formula is C41H66N6O6S. The first kappa shape index (κ1) is 45.0. The highest BCUT2D eigenvalue weighted by Gasteiger charge is 2.43. The van der Waals surface area contributed by atoms with Gasteiger partial charge < -0.3 is 35.2 Å². The van der Waals surface area contributed by atoms with Crippen LogP contribution in [0.25, 0.3) is 0 Å². The number of methoxy groups -OCH3 is 2. The SMILES string of the molecule is CC[C@@H](C)[C@@H]([C@@H](CC(=O)N1CCC[C@H]1[C@H](OC)[C@@H](C)C(=O)N[C@@H](Cc1ccccc1)c1nccs1)OC)N(C)C(=O)[C@H](NC(=O)[C@H](NC)C(C)C)C(C)C. The van der Waals surface area contributed by atoms with E-state index in [0.29, 0.717) is 19.4 Å². The minimum absolute atomic E-state index is 0.00702. The number of likely N-dealkylation sites (tertiary alicyclic amines) is 1. The molecule has 12 nitrogen and oxygen atoms in total. The summed E-state index contributed by atoms with van der Waals surface area (Å²) in [5, 5.41) is 12.0. The third-order valence-corrected chi connectivity index (χ3v) is 12.0. The van der Waals surface area contributed by atoms with Gasteiger partial charge in [-0.3, -0.25) is 19.2 Å². The van der Waals surface area contributed by atoms with Crippen LogP contribution in [-0.2, 0) is 35.1 Å². The van der Waals surface area contributed by atoms with Gasteiger partial charge in [0.05, 0.1) is 48.7 Å². The van der Waals surface area contributed by atoms with Gasteiger partial charge in [0.15, 0.2) is 0 Å². The Morgan fingerprint density at radius 2 is 1.63 bits per heavy atom. The van der Waals surface area contributed by atoms with E-state index in [9.17, 15) is 19.2 Å². The fourth-order valence-corrected chi connectivity index (χ4v) is 8.50. The Hall–Kier alpha value is -3.39. The number of carbonyl (C=O) groups is 4. The highest BCUT2D eigenvalue weighted by molar-refractivity contribution is 7.09. The van der Waals surface area contributed by atoms with Crippen molar-refractivity contribution in [1.29, 1.82) is 0 Å². The largest absolute Gasteiger partial charge is 0.379 e. The van der Waals surface area contributed by atoms with Crippen LogP contribution >= 0.6 is 11.3 Å². The maximum absolute atomic E-state index is 14.3. The van der Waals surface area contributed by atoms with Gasteiger partial charge in [-0.25, -0.2) is 4.98 Å². The Kier molecular flexibility index (Phi) is 18.0. The number of thiazole rings is 1. The number of benzene rings is 1. The summed E-state index contributed by atoms with van der Waals surface area (Å²) in [6.45, 7) is 14.3. The normalized spacial score (nSPS) is 19.1. The van der Waals surface area contributed by atoms with E-state index in [-0.39, 0.29) is 59.9 Å². The fraction of sp³-hybridized carbons (Fsp3) is 0.683. The average Bonchev–Trinajstić information content (AvgIpc) is 3.87. The molecule has 4 amide bonds. The molecule has 1 fully saturated rings. The first-order valence-corrected chi connectivity index (χ1v) is 20.4. The highest BCUT2D eigenvalue weighted by atomic mass is 32.1. The maximum Gasteiger partial charge on any atom is 0.245 e. The van der Waals surface area contributed by atoms with Gasteiger partial charge >= 0.3 is 0 Å². The average molecular weight is 771 g/mol. The van der Waals surface area contributed by atoms with Crippen molar-refractivity contribution in [2.75, 3.05) is 34.9 Å². The molecular weight excluding hydrogens is 705 g/mol. The topological polar surface area (TPSA) is 142 Å². The third-order valence-electron chi connectivity index (χ3n) is 11.1. The molecule has 0 spiro atoms. The number of hydrogen-bond acceptors (Lipinski definition) is 9. The van der Waals surface area contributed by atoms with E-state index in [0.717, 1.165) is 23.4 Å². The van der Waals surface area contributed by atoms with Crippen molar-refractivity contribution in [2.45, 2.75) is 123 Å². The van der Waals surface area contributed by atoms with Crippen molar-refractivity contribution in [3.63, 3.8) is 0 Å². The summed E-state index contributed by atoms with van der Waals surface area (Å²) in [4.78, 5) is 63.6. The molecule has 0 saturated carbocycles. The van der Waals surface area contributed by atoms with Crippen LogP contribution in [0.2, 0.25) is 0 Å². The fourth-order valence-electron chi connectivity index (χ4n) is 7.81. The van der Waals surface area contributed by atoms with Gasteiger partial charge in [-0.1, -0.05) is 85.2 Å². The number of nitrogens with one attached hydrogen (secondary N) is 3. The van der Waals surface area contributed by atoms with Crippen LogP contribution < -0.4 is 16.0 Å². The first-order valence-electron chi connectivity index (χ1n) is 19.5. The number of likely N-dealkylation sites (N-methyl/N-ethyl adjacent to an activating group) is 2. The summed E-state index contributed by atoms with van der Waals surface area (Å²) < 4.78 is 12.1. The molecule has 0 radical (unpaired) electrons. The van der Waals surface area contributed by atoms with Crippen LogP contribution in [0.1, 0.15) is 90.8 Å². The zero-order chi connectivity index (χ0) is 40.1. The molecule has 1 aromatic heterocycles. The lowest BCUT2D eigenvalue weighted by molar-refractivity contribution is -0.147. The van der Waals surface area contributed by atoms with Crippen LogP contribution in [-0.4, -0.2) is 110 Å². The van der Waals surface area contributed by atoms with Crippen molar-refractivity contribution in [3.05, 3.63) is 52.5 Å². The minimum atomic E-state index is -0.752. The van der Waals surface area contributed by atoms with Gasteiger partial charge in [-0.05, 0) is 49.6 Å². The van der Waals surface area contributed by atoms with Gasteiger partial charge in [0, 0.05) is 39.4 Å². The number of aromatic nitrogens is 1. The van der Waals surface area contributed by atoms with Crippen LogP contribution in [0.4, 0.5) is 0 Å². The molecule has 54 heavy (non-hydrogen) atoms. The van der Waals surface area contributed by atoms with E-state index in [1.807, 2.05) is 75.2 Å². The quantitative estimate of drug-likeness (QED) is 0.164. The Balaban J connectivity index is 1.78. The molecule has 9 atom stereocenters. The molecule has 0 unspecified atom stereocenters. The van der Waals surface area contributed by atoms with Gasteiger partial charge in [-0.15, -0.1) is 11.3 Å². The van der Waals surface area contributed by atoms with Crippen molar-refractivity contribution in [1.82, 2.24) is 30.7 Å². The standard InChI is InChI=1S/C41H66N6O6S/c1-12-27(6)36(46(9)41(51)35(26(4)5)45-39(50)34(42-8)25(2)3)32(52-10)24-33(48)47-21-16-19-31(47)37(53-11)28(7)38(49)44-30(40-43-20-22-54-40)23-29-17-14-13-15-18-29/h13-15,17-18,20,22,25-28,30-32,34-37,42H,12,16,19,21,23-24H2,1-11H3,(H,44,49)(H,45,50)/t27-,28-,30+,31+,32-,34-,35-,36+,37-/m1/s1. The lowest BCUT2D eigenvalue weighted by Gasteiger charge is -2.41. The van der Waals surface area contributed by atoms with Gasteiger partial charge in [0.2, 0.25) is 23.6 Å². The zero-order valence-electron chi connectivity index (χ0n) is 34.3. The number of amides is 4. The molecule has 1 saturated heterocycles. The van der Waals surface area contributed by atoms with Crippen LogP contribution in [0.15, 0.2) is 41.9 Å². The lowest BCUT2D eigenvalue weighted by atomic mass is 9.89. The van der Waals surface area contributed by atoms with Crippen molar-refractivity contribution in [2.24, 2.45) is 23.7 Å². The maximum atomic E-state index is 14.3. The van der Waals surface area contributed by atoms with Crippen LogP contribution in [0, 0.1) is 23.7 Å². The van der Waals surface area contributed by atoms with Crippen LogP contribution in [0.3, 0.4) is 0 Å². The predicted octanol–water partition coefficient (Wildman–Crippen LogP) is 4.85. The number of rotatable bonds is 21. The third kappa shape index (κ3) is 11.6. The second-order valence-electron chi connectivity index (χ2n) is 15.5. The molecule has 2 aromatic rings. The summed E-state index contributed by atoms with van der Waals surface area (Å²) in [5.41, 5.74) is 1.09. The number of ether oxygens (including phenoxy) is 2. The molecule has 0 aliphatic carbocycles. The van der Waals surface area contributed by atoms with Crippen LogP contribution in [0.5, 0.6) is 0 Å². The van der Waals surface area contributed by atoms with E-state index in [4.69, 9.17) is 9.47 Å². The Morgan fingerprint density at radius 1 is 0.963 bits per heavy atom. The number of carbonyl (C=O) groups excluding carboxylic acids is 4. The molecule has 1 aliphatic rings. The molecule has 3 N–H and O–H groups in total. The molecule has 1 aromatic carbocycles. The summed E-state index contributed by atoms with van der Waals surface area (Å²) >= 11 is 1.51. The second kappa shape index (κ2) is 21.6. The number of hydrogen-bond donors (Lipinski definition) is 3. The predicted molar refractivity (Wildman–Crippen MR) is 214 cm³/mol. The highest BCUT2D eigenvalue weighted by Crippen LogP contribution is 2.30. The monoisotopic (exact) mass is 770 g/mol. The molecule has 0 bridgehead atoms. The van der Waals surface area contributed by atoms with E-state index < -0.39 is 36.3 Å². The summed E-state index contributed by atoms with van der Waals surface area (Å²) in [6, 6.07) is 7.77. The van der Waals surface area contributed by atoms with E-state index in [2.05, 4.69) is 34.8 Å². The molecule has 3 rings (SSSR count). The Bertz CT molecular complexity index is 1460. The molecule has 13 heteroatoms. The lowest BCUT2D eigenvalue weighted by Crippen LogP contribution is -2.59. The number of nitrogens with zero attached hydrogens (tertiary/aromatic N) is 3. The Morgan fingerprint density at radius 3 is 2.17 bits per heavy atom.